The molecule has 5 rings (SSSR count). The van der Waals surface area contributed by atoms with Crippen LogP contribution < -0.4 is 0 Å². The Kier molecular flexibility index (Phi) is 2.94. The van der Waals surface area contributed by atoms with Gasteiger partial charge < -0.3 is 5.11 Å². The van der Waals surface area contributed by atoms with Gasteiger partial charge in [-0.3, -0.25) is 0 Å². The van der Waals surface area contributed by atoms with Crippen LogP contribution in [0.1, 0.15) is 78.1 Å². The molecule has 5 aliphatic carbocycles. The Labute approximate surface area is 136 Å². The van der Waals surface area contributed by atoms with Crippen LogP contribution in [0.4, 0.5) is 0 Å². The van der Waals surface area contributed by atoms with Crippen molar-refractivity contribution in [1.29, 1.82) is 0 Å². The predicted octanol–water partition coefficient (Wildman–Crippen LogP) is 5.03. The van der Waals surface area contributed by atoms with Crippen LogP contribution in [0.5, 0.6) is 0 Å². The number of rotatable bonds is 1. The molecule has 0 amide bonds. The van der Waals surface area contributed by atoms with Crippen molar-refractivity contribution in [2.45, 2.75) is 83.7 Å². The van der Waals surface area contributed by atoms with Gasteiger partial charge in [0.1, 0.15) is 0 Å². The van der Waals surface area contributed by atoms with Crippen molar-refractivity contribution in [2.24, 2.45) is 46.8 Å². The summed E-state index contributed by atoms with van der Waals surface area (Å²) in [5.41, 5.74) is 0.482. The SMILES string of the molecule is CCC1CC[C@H]2[C@@H]3CC[C@H]4C5C[C@@]5(O)CC[C@@H]4[C@H]3CC[C@]12C. The zero-order valence-electron chi connectivity index (χ0n) is 14.6. The summed E-state index contributed by atoms with van der Waals surface area (Å²) in [6, 6.07) is 0. The van der Waals surface area contributed by atoms with E-state index in [0.717, 1.165) is 48.3 Å². The Balaban J connectivity index is 1.40. The average Bonchev–Trinajstić information content (AvgIpc) is 3.09. The van der Waals surface area contributed by atoms with Crippen molar-refractivity contribution in [3.63, 3.8) is 0 Å². The van der Waals surface area contributed by atoms with E-state index in [4.69, 9.17) is 0 Å². The molecule has 0 bridgehead atoms. The average molecular weight is 303 g/mol. The van der Waals surface area contributed by atoms with Gasteiger partial charge in [-0.2, -0.15) is 0 Å². The quantitative estimate of drug-likeness (QED) is 0.720. The number of aliphatic hydroxyl groups is 1. The highest BCUT2D eigenvalue weighted by atomic mass is 16.3. The predicted molar refractivity (Wildman–Crippen MR) is 89.3 cm³/mol. The normalized spacial score (nSPS) is 62.6. The van der Waals surface area contributed by atoms with E-state index < -0.39 is 0 Å². The Morgan fingerprint density at radius 1 is 0.818 bits per heavy atom. The second-order valence-corrected chi connectivity index (χ2v) is 10.0. The summed E-state index contributed by atoms with van der Waals surface area (Å²) in [5.74, 6) is 6.70. The maximum atomic E-state index is 10.5. The third-order valence-corrected chi connectivity index (χ3v) is 9.65. The van der Waals surface area contributed by atoms with Gasteiger partial charge in [0.2, 0.25) is 0 Å². The van der Waals surface area contributed by atoms with Gasteiger partial charge in [-0.05, 0) is 105 Å². The fraction of sp³-hybridized carbons (Fsp3) is 1.00. The molecule has 9 atom stereocenters. The van der Waals surface area contributed by atoms with E-state index in [9.17, 15) is 5.11 Å². The third kappa shape index (κ3) is 1.70. The van der Waals surface area contributed by atoms with Gasteiger partial charge in [-0.25, -0.2) is 0 Å². The molecule has 2 unspecified atom stereocenters. The molecule has 0 spiro atoms. The van der Waals surface area contributed by atoms with Crippen molar-refractivity contribution in [3.8, 4) is 0 Å². The second-order valence-electron chi connectivity index (χ2n) is 10.0. The molecule has 0 aromatic heterocycles. The Bertz CT molecular complexity index is 473. The van der Waals surface area contributed by atoms with Gasteiger partial charge in [0, 0.05) is 0 Å². The summed E-state index contributed by atoms with van der Waals surface area (Å²) in [6.45, 7) is 5.08. The van der Waals surface area contributed by atoms with Crippen LogP contribution in [0.25, 0.3) is 0 Å². The van der Waals surface area contributed by atoms with Crippen LogP contribution in [-0.2, 0) is 0 Å². The molecule has 1 heteroatoms. The summed E-state index contributed by atoms with van der Waals surface area (Å²) in [5, 5.41) is 10.5. The fourth-order valence-corrected chi connectivity index (χ4v) is 8.46. The maximum absolute atomic E-state index is 10.5. The number of fused-ring (bicyclic) bond motifs is 7. The highest BCUT2D eigenvalue weighted by Crippen LogP contribution is 2.68. The first-order valence-corrected chi connectivity index (χ1v) is 10.3. The second kappa shape index (κ2) is 4.52. The number of hydrogen-bond acceptors (Lipinski definition) is 1. The lowest BCUT2D eigenvalue weighted by Gasteiger charge is -2.56. The molecule has 0 aromatic rings. The first-order chi connectivity index (χ1) is 10.6. The molecule has 5 saturated carbocycles. The van der Waals surface area contributed by atoms with Gasteiger partial charge in [0.05, 0.1) is 5.60 Å². The van der Waals surface area contributed by atoms with Crippen molar-refractivity contribution in [2.75, 3.05) is 0 Å². The Morgan fingerprint density at radius 2 is 1.50 bits per heavy atom. The van der Waals surface area contributed by atoms with Gasteiger partial charge in [-0.1, -0.05) is 20.3 Å². The van der Waals surface area contributed by atoms with Crippen LogP contribution in [0.15, 0.2) is 0 Å². The van der Waals surface area contributed by atoms with Crippen molar-refractivity contribution >= 4 is 0 Å². The summed E-state index contributed by atoms with van der Waals surface area (Å²) in [6.07, 6.45) is 14.0. The van der Waals surface area contributed by atoms with E-state index >= 15 is 0 Å². The van der Waals surface area contributed by atoms with E-state index in [-0.39, 0.29) is 5.60 Å². The molecule has 5 fully saturated rings. The summed E-state index contributed by atoms with van der Waals surface area (Å²) < 4.78 is 0. The minimum absolute atomic E-state index is 0.197. The largest absolute Gasteiger partial charge is 0.390 e. The third-order valence-electron chi connectivity index (χ3n) is 9.65. The van der Waals surface area contributed by atoms with Gasteiger partial charge in [0.25, 0.3) is 0 Å². The van der Waals surface area contributed by atoms with Gasteiger partial charge >= 0.3 is 0 Å². The van der Waals surface area contributed by atoms with Crippen LogP contribution in [-0.4, -0.2) is 10.7 Å². The van der Waals surface area contributed by atoms with E-state index in [1.54, 1.807) is 0 Å². The van der Waals surface area contributed by atoms with E-state index in [2.05, 4.69) is 13.8 Å². The number of hydrogen-bond donors (Lipinski definition) is 1. The molecule has 0 saturated heterocycles. The van der Waals surface area contributed by atoms with Gasteiger partial charge in [-0.15, -0.1) is 0 Å². The van der Waals surface area contributed by atoms with E-state index in [1.807, 2.05) is 0 Å². The Hall–Kier alpha value is -0.0400. The Morgan fingerprint density at radius 3 is 2.23 bits per heavy atom. The summed E-state index contributed by atoms with van der Waals surface area (Å²) >= 11 is 0. The van der Waals surface area contributed by atoms with Crippen LogP contribution in [0, 0.1) is 46.8 Å². The van der Waals surface area contributed by atoms with Crippen LogP contribution >= 0.6 is 0 Å². The lowest BCUT2D eigenvalue weighted by atomic mass is 9.49. The van der Waals surface area contributed by atoms with Crippen LogP contribution in [0.3, 0.4) is 0 Å². The van der Waals surface area contributed by atoms with Crippen LogP contribution in [0.2, 0.25) is 0 Å². The van der Waals surface area contributed by atoms with Gasteiger partial charge in [0.15, 0.2) is 0 Å². The summed E-state index contributed by atoms with van der Waals surface area (Å²) in [4.78, 5) is 0. The van der Waals surface area contributed by atoms with Crippen molar-refractivity contribution in [1.82, 2.24) is 0 Å². The monoisotopic (exact) mass is 302 g/mol. The molecular formula is C21H34O. The first-order valence-electron chi connectivity index (χ1n) is 10.3. The maximum Gasteiger partial charge on any atom is 0.0683 e. The molecule has 5 aliphatic rings. The van der Waals surface area contributed by atoms with Crippen molar-refractivity contribution in [3.05, 3.63) is 0 Å². The topological polar surface area (TPSA) is 20.2 Å². The molecule has 0 heterocycles. The highest BCUT2D eigenvalue weighted by Gasteiger charge is 2.64. The molecular weight excluding hydrogens is 268 g/mol. The molecule has 0 radical (unpaired) electrons. The molecule has 1 nitrogen and oxygen atoms in total. The standard InChI is InChI=1S/C21H34O/c1-3-13-4-7-18-16-5-6-17-15(9-11-21(22)12-19(17)21)14(16)8-10-20(13,18)2/h13-19,22H,3-12H2,1-2H3/t13?,14-,15-,16-,17-,18+,19?,20-,21+/m1/s1. The summed E-state index contributed by atoms with van der Waals surface area (Å²) in [7, 11) is 0. The smallest absolute Gasteiger partial charge is 0.0683 e. The first kappa shape index (κ1) is 14.3. The molecule has 22 heavy (non-hydrogen) atoms. The highest BCUT2D eigenvalue weighted by molar-refractivity contribution is 5.14. The fourth-order valence-electron chi connectivity index (χ4n) is 8.46. The molecule has 0 aliphatic heterocycles. The zero-order chi connectivity index (χ0) is 15.1. The minimum atomic E-state index is -0.197. The zero-order valence-corrected chi connectivity index (χ0v) is 14.6. The van der Waals surface area contributed by atoms with E-state index in [1.165, 1.54) is 51.4 Å². The minimum Gasteiger partial charge on any atom is -0.390 e. The lowest BCUT2D eigenvalue weighted by Crippen LogP contribution is -2.49. The lowest BCUT2D eigenvalue weighted by molar-refractivity contribution is -0.0796. The van der Waals surface area contributed by atoms with E-state index in [0.29, 0.717) is 11.3 Å². The molecule has 0 aromatic carbocycles. The molecule has 1 N–H and O–H groups in total. The van der Waals surface area contributed by atoms with Crippen molar-refractivity contribution < 1.29 is 5.11 Å². The molecule has 124 valence electrons.